The van der Waals surface area contributed by atoms with Crippen molar-refractivity contribution in [3.8, 4) is 17.1 Å². The lowest BCUT2D eigenvalue weighted by Gasteiger charge is -2.21. The van der Waals surface area contributed by atoms with Crippen LogP contribution in [0, 0.1) is 0 Å². The Balaban J connectivity index is 2.10. The Labute approximate surface area is 165 Å². The molecular weight excluding hydrogens is 360 g/mol. The van der Waals surface area contributed by atoms with Gasteiger partial charge in [-0.05, 0) is 55.3 Å². The second kappa shape index (κ2) is 8.44. The third kappa shape index (κ3) is 4.08. The Morgan fingerprint density at radius 1 is 1.11 bits per heavy atom. The average Bonchev–Trinajstić information content (AvgIpc) is 3.28. The van der Waals surface area contributed by atoms with Crippen molar-refractivity contribution < 1.29 is 4.79 Å². The van der Waals surface area contributed by atoms with E-state index in [0.29, 0.717) is 10.7 Å². The van der Waals surface area contributed by atoms with Crippen molar-refractivity contribution in [3.05, 3.63) is 59.4 Å². The van der Waals surface area contributed by atoms with Crippen molar-refractivity contribution in [3.63, 3.8) is 0 Å². The molecule has 2 aromatic heterocycles. The van der Waals surface area contributed by atoms with Crippen molar-refractivity contribution in [1.29, 1.82) is 0 Å². The van der Waals surface area contributed by atoms with Crippen LogP contribution in [0.4, 0.5) is 0 Å². The number of benzene rings is 1. The van der Waals surface area contributed by atoms with Gasteiger partial charge < -0.3 is 9.47 Å². The molecule has 1 aromatic carbocycles. The molecule has 0 saturated carbocycles. The number of halogens is 1. The minimum absolute atomic E-state index is 0.00149. The predicted octanol–water partition coefficient (Wildman–Crippen LogP) is 4.79. The first kappa shape index (κ1) is 19.2. The molecule has 0 N–H and O–H groups in total. The SMILES string of the molecule is CCCN(CCC)C(=O)c1cc(-c2cccn2C)nn1-c1ccc(Cl)cc1. The fourth-order valence-corrected chi connectivity index (χ4v) is 3.31. The van der Waals surface area contributed by atoms with Gasteiger partial charge in [-0.25, -0.2) is 4.68 Å². The second-order valence-electron chi connectivity index (χ2n) is 6.60. The van der Waals surface area contributed by atoms with E-state index in [2.05, 4.69) is 13.8 Å². The Morgan fingerprint density at radius 2 is 1.78 bits per heavy atom. The van der Waals surface area contributed by atoms with Crippen LogP contribution >= 0.6 is 11.6 Å². The molecule has 142 valence electrons. The first-order valence-corrected chi connectivity index (χ1v) is 9.70. The summed E-state index contributed by atoms with van der Waals surface area (Å²) in [6.45, 7) is 5.64. The normalized spacial score (nSPS) is 11.0. The second-order valence-corrected chi connectivity index (χ2v) is 7.04. The number of hydrogen-bond acceptors (Lipinski definition) is 2. The van der Waals surface area contributed by atoms with Gasteiger partial charge in [0, 0.05) is 31.4 Å². The molecule has 2 heterocycles. The molecule has 0 aliphatic rings. The van der Waals surface area contributed by atoms with Gasteiger partial charge in [-0.15, -0.1) is 0 Å². The number of aryl methyl sites for hydroxylation is 1. The van der Waals surface area contributed by atoms with Crippen molar-refractivity contribution in [2.24, 2.45) is 7.05 Å². The zero-order chi connectivity index (χ0) is 19.4. The molecule has 3 aromatic rings. The smallest absolute Gasteiger partial charge is 0.272 e. The molecular formula is C21H25ClN4O. The molecule has 0 bridgehead atoms. The third-order valence-corrected chi connectivity index (χ3v) is 4.73. The minimum Gasteiger partial charge on any atom is -0.349 e. The van der Waals surface area contributed by atoms with Crippen LogP contribution in [0.3, 0.4) is 0 Å². The topological polar surface area (TPSA) is 43.1 Å². The quantitative estimate of drug-likeness (QED) is 0.587. The van der Waals surface area contributed by atoms with E-state index in [0.717, 1.165) is 43.0 Å². The maximum atomic E-state index is 13.3. The monoisotopic (exact) mass is 384 g/mol. The fourth-order valence-electron chi connectivity index (χ4n) is 3.18. The van der Waals surface area contributed by atoms with Gasteiger partial charge in [0.25, 0.3) is 5.91 Å². The standard InChI is InChI=1S/C21H25ClN4O/c1-4-12-25(13-5-2)21(27)20-15-18(19-7-6-14-24(19)3)23-26(20)17-10-8-16(22)9-11-17/h6-11,14-15H,4-5,12-13H2,1-3H3. The zero-order valence-electron chi connectivity index (χ0n) is 16.0. The molecule has 5 nitrogen and oxygen atoms in total. The Kier molecular flexibility index (Phi) is 6.01. The van der Waals surface area contributed by atoms with Crippen LogP contribution < -0.4 is 0 Å². The summed E-state index contributed by atoms with van der Waals surface area (Å²) in [6, 6.07) is 13.2. The number of carbonyl (C=O) groups excluding carboxylic acids is 1. The first-order valence-electron chi connectivity index (χ1n) is 9.32. The maximum absolute atomic E-state index is 13.3. The number of rotatable bonds is 7. The van der Waals surface area contributed by atoms with E-state index in [1.54, 1.807) is 4.68 Å². The van der Waals surface area contributed by atoms with Gasteiger partial charge in [0.15, 0.2) is 0 Å². The minimum atomic E-state index is 0.00149. The lowest BCUT2D eigenvalue weighted by molar-refractivity contribution is 0.0746. The summed E-state index contributed by atoms with van der Waals surface area (Å²) in [5.74, 6) is 0.00149. The van der Waals surface area contributed by atoms with Crippen LogP contribution in [0.25, 0.3) is 17.1 Å². The predicted molar refractivity (Wildman–Crippen MR) is 109 cm³/mol. The van der Waals surface area contributed by atoms with Gasteiger partial charge in [0.05, 0.1) is 11.4 Å². The van der Waals surface area contributed by atoms with Gasteiger partial charge in [-0.3, -0.25) is 4.79 Å². The number of amides is 1. The summed E-state index contributed by atoms with van der Waals surface area (Å²) in [7, 11) is 1.97. The summed E-state index contributed by atoms with van der Waals surface area (Å²) in [5, 5.41) is 5.40. The number of nitrogens with zero attached hydrogens (tertiary/aromatic N) is 4. The third-order valence-electron chi connectivity index (χ3n) is 4.48. The van der Waals surface area contributed by atoms with Crippen LogP contribution in [-0.4, -0.2) is 38.2 Å². The highest BCUT2D eigenvalue weighted by atomic mass is 35.5. The van der Waals surface area contributed by atoms with Crippen molar-refractivity contribution >= 4 is 17.5 Å². The van der Waals surface area contributed by atoms with Crippen LogP contribution in [0.1, 0.15) is 37.2 Å². The van der Waals surface area contributed by atoms with E-state index in [4.69, 9.17) is 16.7 Å². The van der Waals surface area contributed by atoms with E-state index in [1.807, 2.05) is 65.2 Å². The highest BCUT2D eigenvalue weighted by Crippen LogP contribution is 2.24. The van der Waals surface area contributed by atoms with Crippen LogP contribution in [0.15, 0.2) is 48.7 Å². The lowest BCUT2D eigenvalue weighted by Crippen LogP contribution is -2.33. The number of aromatic nitrogens is 3. The molecule has 0 unspecified atom stereocenters. The lowest BCUT2D eigenvalue weighted by atomic mass is 10.2. The summed E-state index contributed by atoms with van der Waals surface area (Å²) in [5.41, 5.74) is 3.12. The van der Waals surface area contributed by atoms with Gasteiger partial charge in [0.1, 0.15) is 11.4 Å². The maximum Gasteiger partial charge on any atom is 0.272 e. The van der Waals surface area contributed by atoms with Gasteiger partial charge in [-0.1, -0.05) is 25.4 Å². The molecule has 3 rings (SSSR count). The van der Waals surface area contributed by atoms with E-state index in [1.165, 1.54) is 0 Å². The Morgan fingerprint density at radius 3 is 2.33 bits per heavy atom. The molecule has 0 radical (unpaired) electrons. The first-order chi connectivity index (χ1) is 13.0. The van der Waals surface area contributed by atoms with E-state index in [9.17, 15) is 4.79 Å². The highest BCUT2D eigenvalue weighted by Gasteiger charge is 2.22. The molecule has 0 aliphatic carbocycles. The molecule has 6 heteroatoms. The van der Waals surface area contributed by atoms with Crippen molar-refractivity contribution in [2.45, 2.75) is 26.7 Å². The summed E-state index contributed by atoms with van der Waals surface area (Å²) < 4.78 is 3.72. The van der Waals surface area contributed by atoms with E-state index < -0.39 is 0 Å². The Bertz CT molecular complexity index is 905. The van der Waals surface area contributed by atoms with E-state index in [-0.39, 0.29) is 5.91 Å². The van der Waals surface area contributed by atoms with E-state index >= 15 is 0 Å². The molecule has 27 heavy (non-hydrogen) atoms. The van der Waals surface area contributed by atoms with Crippen molar-refractivity contribution in [1.82, 2.24) is 19.2 Å². The largest absolute Gasteiger partial charge is 0.349 e. The molecule has 0 spiro atoms. The molecule has 0 fully saturated rings. The zero-order valence-corrected chi connectivity index (χ0v) is 16.8. The summed E-state index contributed by atoms with van der Waals surface area (Å²) in [6.07, 6.45) is 3.82. The van der Waals surface area contributed by atoms with Crippen molar-refractivity contribution in [2.75, 3.05) is 13.1 Å². The Hall–Kier alpha value is -2.53. The average molecular weight is 385 g/mol. The molecule has 0 atom stereocenters. The van der Waals surface area contributed by atoms with Crippen LogP contribution in [-0.2, 0) is 7.05 Å². The fraction of sp³-hybridized carbons (Fsp3) is 0.333. The molecule has 0 aliphatic heterocycles. The van der Waals surface area contributed by atoms with Crippen LogP contribution in [0.5, 0.6) is 0 Å². The molecule has 0 saturated heterocycles. The highest BCUT2D eigenvalue weighted by molar-refractivity contribution is 6.30. The van der Waals surface area contributed by atoms with Gasteiger partial charge in [0.2, 0.25) is 0 Å². The van der Waals surface area contributed by atoms with Crippen LogP contribution in [0.2, 0.25) is 5.02 Å². The van der Waals surface area contributed by atoms with Gasteiger partial charge in [-0.2, -0.15) is 5.10 Å². The summed E-state index contributed by atoms with van der Waals surface area (Å²) in [4.78, 5) is 15.2. The molecule has 1 amide bonds. The number of carbonyl (C=O) groups is 1. The summed E-state index contributed by atoms with van der Waals surface area (Å²) >= 11 is 6.03. The number of hydrogen-bond donors (Lipinski definition) is 0. The van der Waals surface area contributed by atoms with Gasteiger partial charge >= 0.3 is 0 Å².